The fourth-order valence-corrected chi connectivity index (χ4v) is 5.14. The number of nitrogens with two attached hydrogens (primary N) is 1. The Morgan fingerprint density at radius 1 is 0.677 bits per heavy atom. The number of hydrazine groups is 2. The Balaban J connectivity index is 1.93. The van der Waals surface area contributed by atoms with Crippen LogP contribution in [0.25, 0.3) is 0 Å². The standard InChI is InChI=1S/C23H44N8/c1-20(2)13-11-15-30(22(20,5)6)28(9)18-25-17(24)26-19(27-18)29(10)31-16-12-14-21(3,4)23(31,7)8/h11-16H2,1-10H3,(H2,24,25,26,27). The summed E-state index contributed by atoms with van der Waals surface area (Å²) in [4.78, 5) is 13.9. The summed E-state index contributed by atoms with van der Waals surface area (Å²) in [6.07, 6.45) is 4.70. The molecule has 2 aliphatic rings. The number of aromatic nitrogens is 3. The lowest BCUT2D eigenvalue weighted by Crippen LogP contribution is -2.63. The maximum atomic E-state index is 6.18. The highest BCUT2D eigenvalue weighted by Gasteiger charge is 2.48. The van der Waals surface area contributed by atoms with Crippen LogP contribution in [0.3, 0.4) is 0 Å². The molecular formula is C23H44N8. The molecule has 3 heterocycles. The number of nitrogen functional groups attached to an aromatic ring is 1. The first-order valence-electron chi connectivity index (χ1n) is 11.7. The summed E-state index contributed by atoms with van der Waals surface area (Å²) >= 11 is 0. The Labute approximate surface area is 189 Å². The Hall–Kier alpha value is -1.67. The van der Waals surface area contributed by atoms with Gasteiger partial charge in [0, 0.05) is 38.3 Å². The van der Waals surface area contributed by atoms with Gasteiger partial charge in [0.05, 0.1) is 0 Å². The molecule has 1 aromatic heterocycles. The third-order valence-electron chi connectivity index (χ3n) is 8.88. The Bertz CT molecular complexity index is 739. The number of hydrogen-bond donors (Lipinski definition) is 1. The van der Waals surface area contributed by atoms with Gasteiger partial charge in [-0.2, -0.15) is 15.0 Å². The van der Waals surface area contributed by atoms with E-state index < -0.39 is 0 Å². The van der Waals surface area contributed by atoms with Crippen LogP contribution in [0.4, 0.5) is 17.8 Å². The van der Waals surface area contributed by atoms with Crippen LogP contribution in [0.1, 0.15) is 81.1 Å². The second-order valence-corrected chi connectivity index (χ2v) is 11.7. The molecule has 0 spiro atoms. The average Bonchev–Trinajstić information content (AvgIpc) is 2.64. The summed E-state index contributed by atoms with van der Waals surface area (Å²) in [5.74, 6) is 1.44. The lowest BCUT2D eigenvalue weighted by atomic mass is 9.68. The highest BCUT2D eigenvalue weighted by molar-refractivity contribution is 5.42. The summed E-state index contributed by atoms with van der Waals surface area (Å²) in [5.41, 5.74) is 6.48. The lowest BCUT2D eigenvalue weighted by molar-refractivity contribution is -0.0372. The van der Waals surface area contributed by atoms with Gasteiger partial charge in [-0.05, 0) is 64.2 Å². The second-order valence-electron chi connectivity index (χ2n) is 11.7. The molecule has 3 rings (SSSR count). The molecule has 31 heavy (non-hydrogen) atoms. The van der Waals surface area contributed by atoms with Crippen molar-refractivity contribution >= 4 is 17.8 Å². The van der Waals surface area contributed by atoms with Crippen LogP contribution in [0.2, 0.25) is 0 Å². The molecule has 0 radical (unpaired) electrons. The highest BCUT2D eigenvalue weighted by Crippen LogP contribution is 2.45. The van der Waals surface area contributed by atoms with Gasteiger partial charge in [-0.15, -0.1) is 0 Å². The van der Waals surface area contributed by atoms with Crippen molar-refractivity contribution in [2.24, 2.45) is 10.8 Å². The van der Waals surface area contributed by atoms with Gasteiger partial charge >= 0.3 is 0 Å². The Morgan fingerprint density at radius 3 is 1.39 bits per heavy atom. The average molecular weight is 433 g/mol. The maximum absolute atomic E-state index is 6.18. The highest BCUT2D eigenvalue weighted by atomic mass is 15.7. The Kier molecular flexibility index (Phi) is 5.98. The monoisotopic (exact) mass is 432 g/mol. The van der Waals surface area contributed by atoms with Crippen LogP contribution in [-0.2, 0) is 0 Å². The number of piperidine rings is 2. The quantitative estimate of drug-likeness (QED) is 0.766. The third-order valence-corrected chi connectivity index (χ3v) is 8.88. The number of nitrogens with zero attached hydrogens (tertiary/aromatic N) is 7. The molecule has 2 aliphatic heterocycles. The van der Waals surface area contributed by atoms with Crippen LogP contribution >= 0.6 is 0 Å². The van der Waals surface area contributed by atoms with Gasteiger partial charge in [-0.1, -0.05) is 27.7 Å². The van der Waals surface area contributed by atoms with Gasteiger partial charge in [0.15, 0.2) is 0 Å². The summed E-state index contributed by atoms with van der Waals surface area (Å²) in [5, 5.41) is 8.90. The molecule has 8 heteroatoms. The molecular weight excluding hydrogens is 388 g/mol. The molecule has 0 amide bonds. The summed E-state index contributed by atoms with van der Waals surface area (Å²) in [6.45, 7) is 20.5. The normalized spacial score (nSPS) is 25.2. The molecule has 0 atom stereocenters. The topological polar surface area (TPSA) is 77.7 Å². The molecule has 2 fully saturated rings. The fourth-order valence-electron chi connectivity index (χ4n) is 5.14. The zero-order valence-electron chi connectivity index (χ0n) is 21.5. The van der Waals surface area contributed by atoms with Crippen LogP contribution in [0, 0.1) is 10.8 Å². The summed E-state index contributed by atoms with van der Waals surface area (Å²) < 4.78 is 0. The minimum atomic E-state index is -0.0354. The molecule has 2 saturated heterocycles. The van der Waals surface area contributed by atoms with E-state index in [0.29, 0.717) is 11.9 Å². The van der Waals surface area contributed by atoms with Crippen molar-refractivity contribution in [2.45, 2.75) is 92.2 Å². The summed E-state index contributed by atoms with van der Waals surface area (Å²) in [7, 11) is 4.07. The number of hydrogen-bond acceptors (Lipinski definition) is 8. The van der Waals surface area contributed by atoms with Crippen LogP contribution in [-0.4, -0.2) is 63.2 Å². The van der Waals surface area contributed by atoms with E-state index in [1.54, 1.807) is 0 Å². The molecule has 176 valence electrons. The molecule has 0 saturated carbocycles. The lowest BCUT2D eigenvalue weighted by Gasteiger charge is -2.56. The van der Waals surface area contributed by atoms with Gasteiger partial charge in [-0.3, -0.25) is 10.0 Å². The SMILES string of the molecule is CN(c1nc(N)nc(N(C)N2CCCC(C)(C)C2(C)C)n1)N1CCCC(C)(C)C1(C)C. The second kappa shape index (κ2) is 7.73. The minimum absolute atomic E-state index is 0.0354. The fraction of sp³-hybridized carbons (Fsp3) is 0.870. The van der Waals surface area contributed by atoms with E-state index in [4.69, 9.17) is 10.7 Å². The van der Waals surface area contributed by atoms with Gasteiger partial charge in [0.2, 0.25) is 17.8 Å². The van der Waals surface area contributed by atoms with Crippen LogP contribution in [0.15, 0.2) is 0 Å². The first kappa shape index (κ1) is 24.0. The third kappa shape index (κ3) is 3.97. The van der Waals surface area contributed by atoms with Crippen molar-refractivity contribution in [3.63, 3.8) is 0 Å². The van der Waals surface area contributed by atoms with Gasteiger partial charge in [0.1, 0.15) is 0 Å². The minimum Gasteiger partial charge on any atom is -0.368 e. The molecule has 0 aliphatic carbocycles. The van der Waals surface area contributed by atoms with Gasteiger partial charge < -0.3 is 5.73 Å². The van der Waals surface area contributed by atoms with E-state index in [-0.39, 0.29) is 27.9 Å². The van der Waals surface area contributed by atoms with E-state index >= 15 is 0 Å². The molecule has 8 nitrogen and oxygen atoms in total. The van der Waals surface area contributed by atoms with E-state index in [0.717, 1.165) is 25.9 Å². The zero-order valence-corrected chi connectivity index (χ0v) is 21.5. The largest absolute Gasteiger partial charge is 0.368 e. The molecule has 0 unspecified atom stereocenters. The van der Waals surface area contributed by atoms with Crippen molar-refractivity contribution < 1.29 is 0 Å². The predicted octanol–water partition coefficient (Wildman–Crippen LogP) is 3.96. The van der Waals surface area contributed by atoms with Gasteiger partial charge in [0.25, 0.3) is 0 Å². The molecule has 0 bridgehead atoms. The van der Waals surface area contributed by atoms with Crippen molar-refractivity contribution in [2.75, 3.05) is 42.9 Å². The maximum Gasteiger partial charge on any atom is 0.246 e. The van der Waals surface area contributed by atoms with E-state index in [9.17, 15) is 0 Å². The van der Waals surface area contributed by atoms with E-state index in [1.165, 1.54) is 12.8 Å². The Morgan fingerprint density at radius 2 is 1.03 bits per heavy atom. The van der Waals surface area contributed by atoms with Crippen LogP contribution in [0.5, 0.6) is 0 Å². The van der Waals surface area contributed by atoms with E-state index in [2.05, 4.69) is 85.4 Å². The molecule has 1 aromatic rings. The molecule has 0 aromatic carbocycles. The predicted molar refractivity (Wildman–Crippen MR) is 129 cm³/mol. The van der Waals surface area contributed by atoms with Crippen molar-refractivity contribution in [1.82, 2.24) is 25.0 Å². The van der Waals surface area contributed by atoms with Crippen molar-refractivity contribution in [3.05, 3.63) is 0 Å². The molecule has 2 N–H and O–H groups in total. The summed E-state index contributed by atoms with van der Waals surface area (Å²) in [6, 6.07) is 0. The first-order valence-corrected chi connectivity index (χ1v) is 11.7. The van der Waals surface area contributed by atoms with E-state index in [1.807, 2.05) is 14.1 Å². The first-order chi connectivity index (χ1) is 14.1. The van der Waals surface area contributed by atoms with Crippen LogP contribution < -0.4 is 15.8 Å². The van der Waals surface area contributed by atoms with Gasteiger partial charge in [-0.25, -0.2) is 10.0 Å². The smallest absolute Gasteiger partial charge is 0.246 e. The van der Waals surface area contributed by atoms with Crippen molar-refractivity contribution in [3.8, 4) is 0 Å². The number of rotatable bonds is 4. The number of anilines is 3. The zero-order chi connectivity index (χ0) is 23.4. The van der Waals surface area contributed by atoms with Crippen molar-refractivity contribution in [1.29, 1.82) is 0 Å².